The van der Waals surface area contributed by atoms with E-state index in [9.17, 15) is 0 Å². The van der Waals surface area contributed by atoms with E-state index in [1.807, 2.05) is 44.3 Å². The van der Waals surface area contributed by atoms with Crippen LogP contribution in [0.1, 0.15) is 55.0 Å². The molecule has 7 nitrogen and oxygen atoms in total. The van der Waals surface area contributed by atoms with Gasteiger partial charge in [-0.25, -0.2) is 0 Å². The average molecular weight is 534 g/mol. The van der Waals surface area contributed by atoms with Crippen molar-refractivity contribution in [1.82, 2.24) is 19.8 Å². The zero-order valence-corrected chi connectivity index (χ0v) is 23.7. The third-order valence-electron chi connectivity index (χ3n) is 7.48. The van der Waals surface area contributed by atoms with Crippen molar-refractivity contribution in [1.29, 1.82) is 0 Å². The molecule has 1 N–H and O–H groups in total. The van der Waals surface area contributed by atoms with Crippen molar-refractivity contribution < 1.29 is 9.47 Å². The number of nitrogens with zero attached hydrogens (tertiary/aromatic N) is 4. The lowest BCUT2D eigenvalue weighted by molar-refractivity contribution is 0.0369. The maximum atomic E-state index is 5.94. The van der Waals surface area contributed by atoms with Gasteiger partial charge in [-0.3, -0.25) is 9.88 Å². The lowest BCUT2D eigenvalue weighted by Crippen LogP contribution is -2.37. The second-order valence-corrected chi connectivity index (χ2v) is 10.8. The van der Waals surface area contributed by atoms with E-state index in [1.165, 1.54) is 17.0 Å². The van der Waals surface area contributed by atoms with Crippen LogP contribution in [0.3, 0.4) is 0 Å². The van der Waals surface area contributed by atoms with Crippen LogP contribution in [0.5, 0.6) is 5.75 Å². The van der Waals surface area contributed by atoms with Crippen LogP contribution in [0.15, 0.2) is 54.7 Å². The van der Waals surface area contributed by atoms with Gasteiger partial charge >= 0.3 is 0 Å². The Balaban J connectivity index is 1.45. The highest BCUT2D eigenvalue weighted by Gasteiger charge is 2.42. The van der Waals surface area contributed by atoms with Crippen LogP contribution in [-0.2, 0) is 11.3 Å². The first kappa shape index (κ1) is 26.7. The quantitative estimate of drug-likeness (QED) is 0.380. The molecule has 5 rings (SSSR count). The zero-order valence-electron chi connectivity index (χ0n) is 22.9. The summed E-state index contributed by atoms with van der Waals surface area (Å²) in [4.78, 5) is 9.46. The second kappa shape index (κ2) is 11.8. The molecule has 3 aromatic rings. The van der Waals surface area contributed by atoms with Gasteiger partial charge in [-0.1, -0.05) is 6.07 Å². The van der Waals surface area contributed by atoms with E-state index in [-0.39, 0.29) is 18.2 Å². The maximum Gasteiger partial charge on any atom is 0.174 e. The zero-order chi connectivity index (χ0) is 26.6. The van der Waals surface area contributed by atoms with Crippen LogP contribution in [0.2, 0.25) is 0 Å². The van der Waals surface area contributed by atoms with Crippen molar-refractivity contribution in [2.75, 3.05) is 37.7 Å². The normalized spacial score (nSPS) is 20.2. The van der Waals surface area contributed by atoms with Gasteiger partial charge in [-0.2, -0.15) is 0 Å². The Morgan fingerprint density at radius 3 is 2.53 bits per heavy atom. The highest BCUT2D eigenvalue weighted by molar-refractivity contribution is 7.80. The number of pyridine rings is 1. The SMILES string of the molecule is Cc1cc([C@@H]2[C@@H](c3ccccn3)NC(=S)N2c2ccc(OC(C)C)cc2)c(C)n1CCCN1CCOCC1. The predicted molar refractivity (Wildman–Crippen MR) is 156 cm³/mol. The number of ether oxygens (including phenoxy) is 2. The summed E-state index contributed by atoms with van der Waals surface area (Å²) in [6, 6.07) is 16.6. The Morgan fingerprint density at radius 2 is 1.84 bits per heavy atom. The van der Waals surface area contributed by atoms with Crippen molar-refractivity contribution in [2.24, 2.45) is 0 Å². The number of benzene rings is 1. The first-order valence-electron chi connectivity index (χ1n) is 13.7. The van der Waals surface area contributed by atoms with Gasteiger partial charge in [0.05, 0.1) is 37.1 Å². The molecule has 2 aliphatic rings. The Morgan fingerprint density at radius 1 is 1.08 bits per heavy atom. The summed E-state index contributed by atoms with van der Waals surface area (Å²) in [6.07, 6.45) is 3.10. The number of hydrogen-bond donors (Lipinski definition) is 1. The summed E-state index contributed by atoms with van der Waals surface area (Å²) in [6.45, 7) is 14.4. The molecular formula is C30H39N5O2S. The lowest BCUT2D eigenvalue weighted by atomic mass is 9.96. The molecule has 1 aromatic carbocycles. The molecule has 0 bridgehead atoms. The van der Waals surface area contributed by atoms with Crippen molar-refractivity contribution >= 4 is 23.0 Å². The standard InChI is InChI=1S/C30H39N5O2S/c1-21(2)37-25-11-9-24(10-12-25)35-29(28(32-30(35)38)27-8-5-6-13-31-27)26-20-22(3)34(23(26)4)15-7-14-33-16-18-36-19-17-33/h5-6,8-13,20-21,28-29H,7,14-19H2,1-4H3,(H,32,38)/t28-,29-/m1/s1. The molecule has 0 radical (unpaired) electrons. The summed E-state index contributed by atoms with van der Waals surface area (Å²) in [7, 11) is 0. The molecule has 0 unspecified atom stereocenters. The van der Waals surface area contributed by atoms with Crippen molar-refractivity contribution in [2.45, 2.75) is 58.8 Å². The van der Waals surface area contributed by atoms with Gasteiger partial charge < -0.3 is 24.3 Å². The highest BCUT2D eigenvalue weighted by atomic mass is 32.1. The maximum absolute atomic E-state index is 5.94. The van der Waals surface area contributed by atoms with Gasteiger partial charge in [0.15, 0.2) is 5.11 Å². The van der Waals surface area contributed by atoms with E-state index in [1.54, 1.807) is 0 Å². The molecule has 38 heavy (non-hydrogen) atoms. The van der Waals surface area contributed by atoms with Crippen molar-refractivity contribution in [3.8, 4) is 5.75 Å². The minimum atomic E-state index is -0.0578. The smallest absolute Gasteiger partial charge is 0.174 e. The number of aryl methyl sites for hydroxylation is 1. The summed E-state index contributed by atoms with van der Waals surface area (Å²) in [5.74, 6) is 0.859. The Hall–Kier alpha value is -2.94. The van der Waals surface area contributed by atoms with E-state index < -0.39 is 0 Å². The number of thiocarbonyl (C=S) groups is 1. The molecular weight excluding hydrogens is 494 g/mol. The van der Waals surface area contributed by atoms with Crippen molar-refractivity contribution in [3.63, 3.8) is 0 Å². The molecule has 0 amide bonds. The van der Waals surface area contributed by atoms with Crippen LogP contribution in [0, 0.1) is 13.8 Å². The van der Waals surface area contributed by atoms with Gasteiger partial charge in [0.1, 0.15) is 5.75 Å². The van der Waals surface area contributed by atoms with Gasteiger partial charge in [0.25, 0.3) is 0 Å². The molecule has 4 heterocycles. The van der Waals surface area contributed by atoms with Gasteiger partial charge in [0.2, 0.25) is 0 Å². The Kier molecular flexibility index (Phi) is 8.31. The average Bonchev–Trinajstić information content (AvgIpc) is 3.40. The van der Waals surface area contributed by atoms with E-state index in [0.717, 1.165) is 62.9 Å². The third kappa shape index (κ3) is 5.72. The number of anilines is 1. The van der Waals surface area contributed by atoms with Crippen LogP contribution in [0.25, 0.3) is 0 Å². The lowest BCUT2D eigenvalue weighted by Gasteiger charge is -2.28. The highest BCUT2D eigenvalue weighted by Crippen LogP contribution is 2.43. The Bertz CT molecular complexity index is 1220. The molecule has 2 aromatic heterocycles. The van der Waals surface area contributed by atoms with Gasteiger partial charge in [0, 0.05) is 49.5 Å². The van der Waals surface area contributed by atoms with Crippen LogP contribution < -0.4 is 15.0 Å². The van der Waals surface area contributed by atoms with Crippen LogP contribution >= 0.6 is 12.2 Å². The predicted octanol–water partition coefficient (Wildman–Crippen LogP) is 5.19. The second-order valence-electron chi connectivity index (χ2n) is 10.4. The molecule has 0 spiro atoms. The van der Waals surface area contributed by atoms with Crippen LogP contribution in [-0.4, -0.2) is 58.5 Å². The molecule has 2 saturated heterocycles. The molecule has 2 fully saturated rings. The van der Waals surface area contributed by atoms with E-state index >= 15 is 0 Å². The number of morpholine rings is 1. The monoisotopic (exact) mass is 533 g/mol. The van der Waals surface area contributed by atoms with Gasteiger partial charge in [-0.05, 0) is 94.4 Å². The third-order valence-corrected chi connectivity index (χ3v) is 7.79. The summed E-state index contributed by atoms with van der Waals surface area (Å²) < 4.78 is 13.9. The molecule has 0 saturated carbocycles. The molecule has 202 valence electrons. The van der Waals surface area contributed by atoms with Gasteiger partial charge in [-0.15, -0.1) is 0 Å². The number of nitrogens with one attached hydrogen (secondary N) is 1. The molecule has 8 heteroatoms. The fourth-order valence-electron chi connectivity index (χ4n) is 5.65. The number of aromatic nitrogens is 2. The molecule has 2 aliphatic heterocycles. The first-order valence-corrected chi connectivity index (χ1v) is 14.1. The summed E-state index contributed by atoms with van der Waals surface area (Å²) >= 11 is 5.94. The topological polar surface area (TPSA) is 54.8 Å². The Labute approximate surface area is 231 Å². The molecule has 0 aliphatic carbocycles. The fourth-order valence-corrected chi connectivity index (χ4v) is 6.00. The number of hydrogen-bond acceptors (Lipinski definition) is 5. The van der Waals surface area contributed by atoms with Crippen molar-refractivity contribution in [3.05, 3.63) is 77.4 Å². The summed E-state index contributed by atoms with van der Waals surface area (Å²) in [5, 5.41) is 4.30. The summed E-state index contributed by atoms with van der Waals surface area (Å²) in [5.41, 5.74) is 5.86. The fraction of sp³-hybridized carbons (Fsp3) is 0.467. The first-order chi connectivity index (χ1) is 18.4. The van der Waals surface area contributed by atoms with E-state index in [0.29, 0.717) is 5.11 Å². The minimum absolute atomic E-state index is 0.0199. The minimum Gasteiger partial charge on any atom is -0.491 e. The largest absolute Gasteiger partial charge is 0.491 e. The van der Waals surface area contributed by atoms with E-state index in [2.05, 4.69) is 57.8 Å². The van der Waals surface area contributed by atoms with E-state index in [4.69, 9.17) is 26.7 Å². The number of rotatable bonds is 9. The van der Waals surface area contributed by atoms with Crippen LogP contribution in [0.4, 0.5) is 5.69 Å². The molecule has 2 atom stereocenters.